The van der Waals surface area contributed by atoms with Gasteiger partial charge in [0.2, 0.25) is 0 Å². The van der Waals surface area contributed by atoms with Gasteiger partial charge in [-0.2, -0.15) is 5.10 Å². The molecule has 6 heteroatoms. The van der Waals surface area contributed by atoms with E-state index in [-0.39, 0.29) is 12.3 Å². The topological polar surface area (TPSA) is 75.4 Å². The van der Waals surface area contributed by atoms with Crippen LogP contribution in [-0.4, -0.2) is 45.3 Å². The molecule has 0 aliphatic heterocycles. The average molecular weight is 225 g/mol. The highest BCUT2D eigenvalue weighted by Gasteiger charge is 2.13. The maximum atomic E-state index is 11.7. The van der Waals surface area contributed by atoms with Crippen LogP contribution in [0.1, 0.15) is 23.3 Å². The van der Waals surface area contributed by atoms with Crippen molar-refractivity contribution in [2.45, 2.75) is 12.8 Å². The largest absolute Gasteiger partial charge is 0.481 e. The number of carbonyl (C=O) groups excluding carboxylic acids is 1. The van der Waals surface area contributed by atoms with Gasteiger partial charge in [0.25, 0.3) is 5.91 Å². The van der Waals surface area contributed by atoms with E-state index in [1.807, 2.05) is 0 Å². The van der Waals surface area contributed by atoms with Crippen molar-refractivity contribution in [2.24, 2.45) is 7.05 Å². The van der Waals surface area contributed by atoms with Crippen LogP contribution in [-0.2, 0) is 11.8 Å². The van der Waals surface area contributed by atoms with Gasteiger partial charge in [-0.15, -0.1) is 0 Å². The van der Waals surface area contributed by atoms with Crippen molar-refractivity contribution < 1.29 is 14.7 Å². The minimum absolute atomic E-state index is 0.0693. The molecule has 16 heavy (non-hydrogen) atoms. The normalized spacial score (nSPS) is 10.1. The van der Waals surface area contributed by atoms with E-state index in [4.69, 9.17) is 5.11 Å². The molecule has 0 saturated heterocycles. The van der Waals surface area contributed by atoms with Crippen LogP contribution in [0.5, 0.6) is 0 Å². The molecule has 1 aromatic rings. The standard InChI is InChI=1S/C10H15N3O3/c1-12(6-3-4-9(14)15)10(16)8-5-7-13(2)11-8/h5,7H,3-4,6H2,1-2H3,(H,14,15). The molecule has 88 valence electrons. The number of aromatic nitrogens is 2. The van der Waals surface area contributed by atoms with Gasteiger partial charge in [0.1, 0.15) is 5.69 Å². The summed E-state index contributed by atoms with van der Waals surface area (Å²) < 4.78 is 1.55. The predicted octanol–water partition coefficient (Wildman–Crippen LogP) is 0.357. The number of carboxylic acid groups (broad SMARTS) is 1. The third-order valence-electron chi connectivity index (χ3n) is 2.16. The molecular weight excluding hydrogens is 210 g/mol. The molecule has 0 aliphatic rings. The Morgan fingerprint density at radius 3 is 2.75 bits per heavy atom. The van der Waals surface area contributed by atoms with Crippen molar-refractivity contribution in [1.29, 1.82) is 0 Å². The van der Waals surface area contributed by atoms with Gasteiger partial charge in [-0.3, -0.25) is 14.3 Å². The first-order valence-electron chi connectivity index (χ1n) is 4.97. The van der Waals surface area contributed by atoms with Crippen molar-refractivity contribution in [2.75, 3.05) is 13.6 Å². The van der Waals surface area contributed by atoms with Crippen LogP contribution in [0.4, 0.5) is 0 Å². The third-order valence-corrected chi connectivity index (χ3v) is 2.16. The molecule has 0 unspecified atom stereocenters. The van der Waals surface area contributed by atoms with Crippen LogP contribution in [0, 0.1) is 0 Å². The zero-order valence-electron chi connectivity index (χ0n) is 9.38. The number of carboxylic acids is 1. The minimum Gasteiger partial charge on any atom is -0.481 e. The van der Waals surface area contributed by atoms with Gasteiger partial charge in [-0.1, -0.05) is 0 Å². The molecule has 0 bridgehead atoms. The van der Waals surface area contributed by atoms with Crippen molar-refractivity contribution in [3.63, 3.8) is 0 Å². The number of amides is 1. The molecule has 1 heterocycles. The molecule has 0 saturated carbocycles. The van der Waals surface area contributed by atoms with Gasteiger partial charge >= 0.3 is 5.97 Å². The SMILES string of the molecule is CN(CCCC(=O)O)C(=O)c1ccn(C)n1. The van der Waals surface area contributed by atoms with Gasteiger partial charge < -0.3 is 10.0 Å². The van der Waals surface area contributed by atoms with Crippen LogP contribution in [0.25, 0.3) is 0 Å². The van der Waals surface area contributed by atoms with Crippen LogP contribution >= 0.6 is 0 Å². The summed E-state index contributed by atoms with van der Waals surface area (Å²) in [6.07, 6.45) is 2.21. The maximum Gasteiger partial charge on any atom is 0.303 e. The van der Waals surface area contributed by atoms with Crippen LogP contribution in [0.15, 0.2) is 12.3 Å². The van der Waals surface area contributed by atoms with Crippen molar-refractivity contribution in [3.05, 3.63) is 18.0 Å². The fourth-order valence-corrected chi connectivity index (χ4v) is 1.29. The van der Waals surface area contributed by atoms with E-state index < -0.39 is 5.97 Å². The summed E-state index contributed by atoms with van der Waals surface area (Å²) in [6.45, 7) is 0.418. The lowest BCUT2D eigenvalue weighted by atomic mass is 10.3. The van der Waals surface area contributed by atoms with Crippen LogP contribution in [0.2, 0.25) is 0 Å². The number of hydrogen-bond donors (Lipinski definition) is 1. The van der Waals surface area contributed by atoms with Crippen molar-refractivity contribution in [3.8, 4) is 0 Å². The Hall–Kier alpha value is -1.85. The molecule has 1 aromatic heterocycles. The van der Waals surface area contributed by atoms with Crippen LogP contribution < -0.4 is 0 Å². The van der Waals surface area contributed by atoms with E-state index in [0.717, 1.165) is 0 Å². The number of hydrogen-bond acceptors (Lipinski definition) is 3. The smallest absolute Gasteiger partial charge is 0.303 e. The molecule has 6 nitrogen and oxygen atoms in total. The number of carbonyl (C=O) groups is 2. The number of aryl methyl sites for hydroxylation is 1. The third kappa shape index (κ3) is 3.38. The van der Waals surface area contributed by atoms with Gasteiger partial charge in [-0.25, -0.2) is 0 Å². The first-order valence-corrected chi connectivity index (χ1v) is 4.97. The average Bonchev–Trinajstić information content (AvgIpc) is 2.63. The van der Waals surface area contributed by atoms with E-state index in [0.29, 0.717) is 18.7 Å². The zero-order valence-corrected chi connectivity index (χ0v) is 9.38. The van der Waals surface area contributed by atoms with Gasteiger partial charge in [0.05, 0.1) is 0 Å². The lowest BCUT2D eigenvalue weighted by Crippen LogP contribution is -2.28. The fourth-order valence-electron chi connectivity index (χ4n) is 1.29. The van der Waals surface area contributed by atoms with E-state index in [1.54, 1.807) is 31.0 Å². The van der Waals surface area contributed by atoms with Gasteiger partial charge in [0.15, 0.2) is 0 Å². The minimum atomic E-state index is -0.848. The fraction of sp³-hybridized carbons (Fsp3) is 0.500. The predicted molar refractivity (Wildman–Crippen MR) is 57.0 cm³/mol. The Kier molecular flexibility index (Phi) is 4.04. The Labute approximate surface area is 93.5 Å². The lowest BCUT2D eigenvalue weighted by Gasteiger charge is -2.14. The summed E-state index contributed by atoms with van der Waals surface area (Å²) in [5, 5.41) is 12.5. The Morgan fingerprint density at radius 1 is 1.56 bits per heavy atom. The second-order valence-electron chi connectivity index (χ2n) is 3.60. The monoisotopic (exact) mass is 225 g/mol. The van der Waals surface area contributed by atoms with E-state index in [1.165, 1.54) is 4.90 Å². The molecule has 1 rings (SSSR count). The summed E-state index contributed by atoms with van der Waals surface area (Å²) in [4.78, 5) is 23.5. The Balaban J connectivity index is 2.45. The second kappa shape index (κ2) is 5.29. The number of aliphatic carboxylic acids is 1. The van der Waals surface area contributed by atoms with Crippen molar-refractivity contribution in [1.82, 2.24) is 14.7 Å². The van der Waals surface area contributed by atoms with Crippen molar-refractivity contribution >= 4 is 11.9 Å². The van der Waals surface area contributed by atoms with Gasteiger partial charge in [0, 0.05) is 33.3 Å². The van der Waals surface area contributed by atoms with E-state index >= 15 is 0 Å². The molecule has 1 amide bonds. The van der Waals surface area contributed by atoms with E-state index in [2.05, 4.69) is 5.10 Å². The highest BCUT2D eigenvalue weighted by atomic mass is 16.4. The summed E-state index contributed by atoms with van der Waals surface area (Å²) in [5.41, 5.74) is 0.375. The zero-order chi connectivity index (χ0) is 12.1. The maximum absolute atomic E-state index is 11.7. The quantitative estimate of drug-likeness (QED) is 0.784. The molecule has 0 spiro atoms. The number of nitrogens with zero attached hydrogens (tertiary/aromatic N) is 3. The molecule has 0 radical (unpaired) electrons. The Bertz CT molecular complexity index is 386. The molecular formula is C10H15N3O3. The Morgan fingerprint density at radius 2 is 2.25 bits per heavy atom. The second-order valence-corrected chi connectivity index (χ2v) is 3.60. The first-order chi connectivity index (χ1) is 7.50. The first kappa shape index (κ1) is 12.2. The molecule has 0 aliphatic carbocycles. The molecule has 0 aromatic carbocycles. The van der Waals surface area contributed by atoms with Crippen LogP contribution in [0.3, 0.4) is 0 Å². The molecule has 0 atom stereocenters. The summed E-state index contributed by atoms with van der Waals surface area (Å²) in [5.74, 6) is -1.04. The number of rotatable bonds is 5. The van der Waals surface area contributed by atoms with Gasteiger partial charge in [-0.05, 0) is 12.5 Å². The summed E-state index contributed by atoms with van der Waals surface area (Å²) >= 11 is 0. The molecule has 1 N–H and O–H groups in total. The highest BCUT2D eigenvalue weighted by Crippen LogP contribution is 2.01. The lowest BCUT2D eigenvalue weighted by molar-refractivity contribution is -0.137. The summed E-state index contributed by atoms with van der Waals surface area (Å²) in [7, 11) is 3.38. The molecule has 0 fully saturated rings. The summed E-state index contributed by atoms with van der Waals surface area (Å²) in [6, 6.07) is 1.63. The van der Waals surface area contributed by atoms with E-state index in [9.17, 15) is 9.59 Å². The highest BCUT2D eigenvalue weighted by molar-refractivity contribution is 5.92.